The molecule has 2 aliphatic rings. The third-order valence-electron chi connectivity index (χ3n) is 5.98. The highest BCUT2D eigenvalue weighted by Gasteiger charge is 2.87. The van der Waals surface area contributed by atoms with Crippen molar-refractivity contribution in [3.8, 4) is 18.2 Å². The maximum atomic E-state index is 13.8. The van der Waals surface area contributed by atoms with Crippen LogP contribution in [0.15, 0.2) is 77.0 Å². The molecule has 30 heavy (non-hydrogen) atoms. The predicted octanol–water partition coefficient (Wildman–Crippen LogP) is 2.96. The number of nitriles is 3. The molecule has 2 aromatic carbocycles. The van der Waals surface area contributed by atoms with E-state index in [1.807, 2.05) is 24.3 Å². The van der Waals surface area contributed by atoms with Crippen molar-refractivity contribution in [1.82, 2.24) is 0 Å². The highest BCUT2D eigenvalue weighted by molar-refractivity contribution is 6.24. The summed E-state index contributed by atoms with van der Waals surface area (Å²) in [6.45, 7) is 1.68. The van der Waals surface area contributed by atoms with Crippen LogP contribution >= 0.6 is 0 Å². The standard InChI is InChI=1S/C23H16N6O/c1-15-23(21(30)29(28-15)18-10-6-3-7-11-18)19(16-8-4-2-5-9-16)22(23,14-26)20(27)17(12-24)13-25/h2-11,19H,27H2,1H3/t19-,22-,23-/m0/s1. The first-order valence-corrected chi connectivity index (χ1v) is 9.22. The molecule has 0 unspecified atom stereocenters. The fourth-order valence-corrected chi connectivity index (χ4v) is 4.67. The van der Waals surface area contributed by atoms with Gasteiger partial charge in [0, 0.05) is 5.92 Å². The third kappa shape index (κ3) is 2.11. The monoisotopic (exact) mass is 392 g/mol. The Labute approximate surface area is 173 Å². The van der Waals surface area contributed by atoms with Crippen molar-refractivity contribution in [3.05, 3.63) is 77.5 Å². The summed E-state index contributed by atoms with van der Waals surface area (Å²) in [4.78, 5) is 13.8. The van der Waals surface area contributed by atoms with Gasteiger partial charge < -0.3 is 5.73 Å². The fraction of sp³-hybridized carbons (Fsp3) is 0.174. The molecule has 3 atom stereocenters. The highest BCUT2D eigenvalue weighted by atomic mass is 16.2. The van der Waals surface area contributed by atoms with Crippen LogP contribution in [0.4, 0.5) is 5.69 Å². The van der Waals surface area contributed by atoms with Gasteiger partial charge in [0.25, 0.3) is 5.91 Å². The highest BCUT2D eigenvalue weighted by Crippen LogP contribution is 2.79. The second-order valence-corrected chi connectivity index (χ2v) is 7.22. The minimum Gasteiger partial charge on any atom is -0.399 e. The number of nitrogens with two attached hydrogens (primary N) is 1. The van der Waals surface area contributed by atoms with Crippen LogP contribution in [-0.2, 0) is 4.79 Å². The number of hydrazone groups is 1. The first kappa shape index (κ1) is 18.9. The predicted molar refractivity (Wildman–Crippen MR) is 109 cm³/mol. The van der Waals surface area contributed by atoms with E-state index >= 15 is 0 Å². The number of nitrogens with zero attached hydrogens (tertiary/aromatic N) is 5. The maximum absolute atomic E-state index is 13.8. The van der Waals surface area contributed by atoms with Gasteiger partial charge in [0.1, 0.15) is 28.5 Å². The Morgan fingerprint density at radius 3 is 2.13 bits per heavy atom. The Kier molecular flexibility index (Phi) is 4.15. The first-order valence-electron chi connectivity index (χ1n) is 9.22. The number of amides is 1. The van der Waals surface area contributed by atoms with E-state index < -0.39 is 22.7 Å². The van der Waals surface area contributed by atoms with Gasteiger partial charge in [-0.15, -0.1) is 0 Å². The number of carbonyl (C=O) groups excluding carboxylic acids is 1. The van der Waals surface area contributed by atoms with Gasteiger partial charge in [-0.3, -0.25) is 4.79 Å². The molecule has 144 valence electrons. The number of rotatable bonds is 3. The summed E-state index contributed by atoms with van der Waals surface area (Å²) in [5.41, 5.74) is 4.44. The number of allylic oxidation sites excluding steroid dienone is 2. The van der Waals surface area contributed by atoms with Crippen LogP contribution in [0.2, 0.25) is 0 Å². The van der Waals surface area contributed by atoms with Crippen LogP contribution < -0.4 is 10.7 Å². The molecule has 7 heteroatoms. The lowest BCUT2D eigenvalue weighted by Crippen LogP contribution is -2.35. The Bertz CT molecular complexity index is 1210. The molecule has 2 aromatic rings. The van der Waals surface area contributed by atoms with Crippen LogP contribution in [-0.4, -0.2) is 11.6 Å². The summed E-state index contributed by atoms with van der Waals surface area (Å²) in [6, 6.07) is 23.7. The molecular weight excluding hydrogens is 376 g/mol. The maximum Gasteiger partial charge on any atom is 0.262 e. The lowest BCUT2D eigenvalue weighted by molar-refractivity contribution is -0.121. The molecule has 0 radical (unpaired) electrons. The van der Waals surface area contributed by atoms with Crippen molar-refractivity contribution in [2.75, 3.05) is 5.01 Å². The quantitative estimate of drug-likeness (QED) is 0.803. The molecule has 0 aromatic heterocycles. The number of carbonyl (C=O) groups is 1. The Morgan fingerprint density at radius 1 is 1.03 bits per heavy atom. The van der Waals surface area contributed by atoms with Crippen LogP contribution in [0, 0.1) is 44.8 Å². The zero-order valence-electron chi connectivity index (χ0n) is 16.1. The van der Waals surface area contributed by atoms with E-state index in [9.17, 15) is 20.6 Å². The molecular formula is C23H16N6O. The van der Waals surface area contributed by atoms with E-state index in [0.717, 1.165) is 5.56 Å². The van der Waals surface area contributed by atoms with Crippen molar-refractivity contribution in [3.63, 3.8) is 0 Å². The molecule has 1 aliphatic heterocycles. The van der Waals surface area contributed by atoms with Crippen LogP contribution in [0.25, 0.3) is 0 Å². The van der Waals surface area contributed by atoms with Gasteiger partial charge in [0.05, 0.1) is 23.2 Å². The third-order valence-corrected chi connectivity index (χ3v) is 5.98. The topological polar surface area (TPSA) is 130 Å². The summed E-state index contributed by atoms with van der Waals surface area (Å²) in [5.74, 6) is -1.07. The summed E-state index contributed by atoms with van der Waals surface area (Å²) in [6.07, 6.45) is 0. The molecule has 1 saturated carbocycles. The number of anilines is 1. The first-order chi connectivity index (χ1) is 14.5. The molecule has 0 saturated heterocycles. The Morgan fingerprint density at radius 2 is 1.60 bits per heavy atom. The zero-order valence-corrected chi connectivity index (χ0v) is 16.1. The lowest BCUT2D eigenvalue weighted by Gasteiger charge is -2.17. The molecule has 7 nitrogen and oxygen atoms in total. The summed E-state index contributed by atoms with van der Waals surface area (Å²) >= 11 is 0. The van der Waals surface area contributed by atoms with Crippen molar-refractivity contribution in [2.45, 2.75) is 12.8 Å². The van der Waals surface area contributed by atoms with E-state index in [1.165, 1.54) is 5.01 Å². The zero-order chi connectivity index (χ0) is 21.5. The minimum absolute atomic E-state index is 0.193. The van der Waals surface area contributed by atoms with Gasteiger partial charge in [0.2, 0.25) is 0 Å². The van der Waals surface area contributed by atoms with Crippen LogP contribution in [0.1, 0.15) is 18.4 Å². The van der Waals surface area contributed by atoms with Gasteiger partial charge in [-0.05, 0) is 24.6 Å². The number of hydrogen-bond acceptors (Lipinski definition) is 6. The van der Waals surface area contributed by atoms with E-state index in [4.69, 9.17) is 5.73 Å². The summed E-state index contributed by atoms with van der Waals surface area (Å²) in [5, 5.41) is 34.8. The Balaban J connectivity index is 1.98. The van der Waals surface area contributed by atoms with Crippen molar-refractivity contribution >= 4 is 17.3 Å². The van der Waals surface area contributed by atoms with E-state index in [1.54, 1.807) is 55.5 Å². The molecule has 1 heterocycles. The summed E-state index contributed by atoms with van der Waals surface area (Å²) < 4.78 is 0. The largest absolute Gasteiger partial charge is 0.399 e. The van der Waals surface area contributed by atoms with Gasteiger partial charge >= 0.3 is 0 Å². The number of hydrogen-bond donors (Lipinski definition) is 1. The van der Waals surface area contributed by atoms with E-state index in [0.29, 0.717) is 11.4 Å². The van der Waals surface area contributed by atoms with Gasteiger partial charge in [0.15, 0.2) is 0 Å². The van der Waals surface area contributed by atoms with E-state index in [-0.39, 0.29) is 11.3 Å². The molecule has 1 fully saturated rings. The fourth-order valence-electron chi connectivity index (χ4n) is 4.67. The molecule has 4 rings (SSSR count). The number of para-hydroxylation sites is 1. The molecule has 2 N–H and O–H groups in total. The van der Waals surface area contributed by atoms with Crippen LogP contribution in [0.3, 0.4) is 0 Å². The number of benzene rings is 2. The van der Waals surface area contributed by atoms with Crippen molar-refractivity contribution < 1.29 is 4.79 Å². The van der Waals surface area contributed by atoms with Gasteiger partial charge in [-0.1, -0.05) is 48.5 Å². The minimum atomic E-state index is -1.58. The van der Waals surface area contributed by atoms with Crippen molar-refractivity contribution in [2.24, 2.45) is 21.7 Å². The second-order valence-electron chi connectivity index (χ2n) is 7.22. The normalized spacial score (nSPS) is 26.3. The molecule has 0 bridgehead atoms. The van der Waals surface area contributed by atoms with Crippen molar-refractivity contribution in [1.29, 1.82) is 15.8 Å². The Hall–Kier alpha value is -4.41. The average Bonchev–Trinajstić information content (AvgIpc) is 3.35. The second kappa shape index (κ2) is 6.58. The van der Waals surface area contributed by atoms with Gasteiger partial charge in [-0.2, -0.15) is 25.9 Å². The average molecular weight is 392 g/mol. The molecule has 1 amide bonds. The van der Waals surface area contributed by atoms with E-state index in [2.05, 4.69) is 11.2 Å². The lowest BCUT2D eigenvalue weighted by atomic mass is 9.85. The smallest absolute Gasteiger partial charge is 0.262 e. The van der Waals surface area contributed by atoms with Gasteiger partial charge in [-0.25, -0.2) is 0 Å². The molecule has 1 aliphatic carbocycles. The molecule has 1 spiro atoms. The van der Waals surface area contributed by atoms with Crippen LogP contribution in [0.5, 0.6) is 0 Å². The summed E-state index contributed by atoms with van der Waals surface area (Å²) in [7, 11) is 0. The SMILES string of the molecule is CC1=NN(c2ccccc2)C(=O)[C@@]12[C@@H](c1ccccc1)[C@@]2(C#N)C(N)=C(C#N)C#N.